The number of rotatable bonds is 7. The van der Waals surface area contributed by atoms with Crippen LogP contribution < -0.4 is 20.9 Å². The molecule has 0 bridgehead atoms. The number of anilines is 1. The van der Waals surface area contributed by atoms with Gasteiger partial charge in [0.05, 0.1) is 0 Å². The molecule has 2 amide bonds. The molecule has 0 aliphatic carbocycles. The molecule has 2 rings (SSSR count). The minimum Gasteiger partial charge on any atom is -0.484 e. The maximum absolute atomic E-state index is 12.2. The van der Waals surface area contributed by atoms with Crippen molar-refractivity contribution in [3.8, 4) is 5.75 Å². The van der Waals surface area contributed by atoms with E-state index in [4.69, 9.17) is 4.74 Å². The Hall–Kier alpha value is -2.12. The Kier molecular flexibility index (Phi) is 6.57. The second-order valence-corrected chi connectivity index (χ2v) is 6.15. The summed E-state index contributed by atoms with van der Waals surface area (Å²) >= 11 is 0. The number of hydrogen-bond acceptors (Lipinski definition) is 5. The Bertz CT molecular complexity index is 559. The summed E-state index contributed by atoms with van der Waals surface area (Å²) in [5, 5.41) is 2.88. The normalized spacial score (nSPS) is 19.8. The summed E-state index contributed by atoms with van der Waals surface area (Å²) in [6.45, 7) is 2.12. The van der Waals surface area contributed by atoms with E-state index < -0.39 is 0 Å². The summed E-state index contributed by atoms with van der Waals surface area (Å²) in [6, 6.07) is 7.11. The van der Waals surface area contributed by atoms with Crippen LogP contribution in [0, 0.1) is 0 Å². The number of likely N-dealkylation sites (N-methyl/N-ethyl adjacent to an activating group) is 1. The molecule has 1 fully saturated rings. The number of ether oxygens (including phenoxy) is 1. The van der Waals surface area contributed by atoms with E-state index in [1.165, 1.54) is 4.90 Å². The third-order valence-electron chi connectivity index (χ3n) is 3.92. The van der Waals surface area contributed by atoms with Crippen molar-refractivity contribution >= 4 is 17.5 Å². The zero-order valence-corrected chi connectivity index (χ0v) is 14.5. The van der Waals surface area contributed by atoms with Crippen LogP contribution in [-0.2, 0) is 9.59 Å². The van der Waals surface area contributed by atoms with Crippen LogP contribution in [0.5, 0.6) is 5.75 Å². The molecule has 1 saturated heterocycles. The van der Waals surface area contributed by atoms with Crippen molar-refractivity contribution in [3.05, 3.63) is 24.3 Å². The lowest BCUT2D eigenvalue weighted by molar-refractivity contribution is -0.130. The Balaban J connectivity index is 1.81. The van der Waals surface area contributed by atoms with Crippen LogP contribution >= 0.6 is 0 Å². The molecule has 1 aromatic rings. The van der Waals surface area contributed by atoms with Gasteiger partial charge in [-0.3, -0.25) is 15.0 Å². The van der Waals surface area contributed by atoms with E-state index in [0.29, 0.717) is 17.5 Å². The fraction of sp³-hybridized carbons (Fsp3) is 0.529. The predicted molar refractivity (Wildman–Crippen MR) is 92.6 cm³/mol. The summed E-state index contributed by atoms with van der Waals surface area (Å²) in [5.74, 6) is 0.429. The van der Waals surface area contributed by atoms with E-state index in [-0.39, 0.29) is 24.5 Å². The molecule has 2 unspecified atom stereocenters. The van der Waals surface area contributed by atoms with Crippen LogP contribution in [0.3, 0.4) is 0 Å². The van der Waals surface area contributed by atoms with Crippen LogP contribution in [0.1, 0.15) is 26.2 Å². The van der Waals surface area contributed by atoms with Crippen molar-refractivity contribution in [2.75, 3.05) is 26.0 Å². The third-order valence-corrected chi connectivity index (χ3v) is 3.92. The molecule has 0 aromatic heterocycles. The van der Waals surface area contributed by atoms with Crippen LogP contribution in [0.25, 0.3) is 0 Å². The lowest BCUT2D eigenvalue weighted by Gasteiger charge is -2.13. The van der Waals surface area contributed by atoms with Gasteiger partial charge in [0.25, 0.3) is 5.91 Å². The first-order valence-corrected chi connectivity index (χ1v) is 8.24. The summed E-state index contributed by atoms with van der Waals surface area (Å²) in [5.41, 5.74) is 6.89. The third kappa shape index (κ3) is 5.21. The number of hydrogen-bond donors (Lipinski definition) is 3. The van der Waals surface area contributed by atoms with Crippen molar-refractivity contribution in [2.45, 2.75) is 38.3 Å². The van der Waals surface area contributed by atoms with E-state index in [1.807, 2.05) is 0 Å². The second-order valence-electron chi connectivity index (χ2n) is 6.15. The predicted octanol–water partition coefficient (Wildman–Crippen LogP) is 1.13. The highest BCUT2D eigenvalue weighted by atomic mass is 16.5. The van der Waals surface area contributed by atoms with Crippen LogP contribution in [0.4, 0.5) is 5.69 Å². The Morgan fingerprint density at radius 1 is 1.25 bits per heavy atom. The molecule has 24 heavy (non-hydrogen) atoms. The highest BCUT2D eigenvalue weighted by Crippen LogP contribution is 2.17. The Labute approximate surface area is 142 Å². The SMILES string of the molecule is CCCC1CC(C(=O)Nc2ccc(OCC(=O)N(C)C)cc2)NN1. The van der Waals surface area contributed by atoms with Gasteiger partial charge in [0.15, 0.2) is 6.61 Å². The molecule has 3 N–H and O–H groups in total. The zero-order chi connectivity index (χ0) is 17.5. The summed E-state index contributed by atoms with van der Waals surface area (Å²) in [4.78, 5) is 25.2. The van der Waals surface area contributed by atoms with Gasteiger partial charge in [0, 0.05) is 25.8 Å². The standard InChI is InChI=1S/C17H26N4O3/c1-4-5-13-10-15(20-19-13)17(23)18-12-6-8-14(9-7-12)24-11-16(22)21(2)3/h6-9,13,15,19-20H,4-5,10-11H2,1-3H3,(H,18,23). The molecule has 1 heterocycles. The van der Waals surface area contributed by atoms with Crippen LogP contribution in [0.15, 0.2) is 24.3 Å². The summed E-state index contributed by atoms with van der Waals surface area (Å²) in [6.07, 6.45) is 2.92. The minimum atomic E-state index is -0.227. The lowest BCUT2D eigenvalue weighted by Crippen LogP contribution is -2.40. The average Bonchev–Trinajstić information content (AvgIpc) is 3.03. The molecule has 7 nitrogen and oxygen atoms in total. The molecule has 1 aliphatic heterocycles. The molecule has 0 saturated carbocycles. The van der Waals surface area contributed by atoms with Crippen molar-refractivity contribution < 1.29 is 14.3 Å². The van der Waals surface area contributed by atoms with Gasteiger partial charge in [-0.05, 0) is 37.1 Å². The quantitative estimate of drug-likeness (QED) is 0.696. The van der Waals surface area contributed by atoms with Crippen molar-refractivity contribution in [3.63, 3.8) is 0 Å². The lowest BCUT2D eigenvalue weighted by atomic mass is 10.1. The molecule has 0 radical (unpaired) electrons. The number of carbonyl (C=O) groups excluding carboxylic acids is 2. The summed E-state index contributed by atoms with van der Waals surface area (Å²) in [7, 11) is 3.36. The first-order chi connectivity index (χ1) is 11.5. The number of nitrogens with one attached hydrogen (secondary N) is 3. The fourth-order valence-electron chi connectivity index (χ4n) is 2.47. The fourth-order valence-corrected chi connectivity index (χ4v) is 2.47. The molecule has 0 spiro atoms. The molecule has 2 atom stereocenters. The first kappa shape index (κ1) is 18.2. The van der Waals surface area contributed by atoms with Crippen molar-refractivity contribution in [1.82, 2.24) is 15.8 Å². The zero-order valence-electron chi connectivity index (χ0n) is 14.5. The monoisotopic (exact) mass is 334 g/mol. The molecule has 1 aliphatic rings. The average molecular weight is 334 g/mol. The maximum Gasteiger partial charge on any atom is 0.259 e. The highest BCUT2D eigenvalue weighted by Gasteiger charge is 2.28. The second kappa shape index (κ2) is 8.65. The van der Waals surface area contributed by atoms with E-state index >= 15 is 0 Å². The van der Waals surface area contributed by atoms with E-state index in [9.17, 15) is 9.59 Å². The van der Waals surface area contributed by atoms with Gasteiger partial charge in [-0.15, -0.1) is 0 Å². The number of carbonyl (C=O) groups is 2. The molecule has 132 valence electrons. The Morgan fingerprint density at radius 2 is 1.96 bits per heavy atom. The number of amides is 2. The van der Waals surface area contributed by atoms with E-state index in [1.54, 1.807) is 38.4 Å². The number of nitrogens with zero attached hydrogens (tertiary/aromatic N) is 1. The van der Waals surface area contributed by atoms with Gasteiger partial charge in [0.2, 0.25) is 5.91 Å². The van der Waals surface area contributed by atoms with Gasteiger partial charge in [0.1, 0.15) is 11.8 Å². The molecule has 1 aromatic carbocycles. The summed E-state index contributed by atoms with van der Waals surface area (Å²) < 4.78 is 5.40. The highest BCUT2D eigenvalue weighted by molar-refractivity contribution is 5.95. The van der Waals surface area contributed by atoms with Gasteiger partial charge in [-0.2, -0.15) is 0 Å². The first-order valence-electron chi connectivity index (χ1n) is 8.24. The van der Waals surface area contributed by atoms with Crippen LogP contribution in [0.2, 0.25) is 0 Å². The molecule has 7 heteroatoms. The largest absolute Gasteiger partial charge is 0.484 e. The van der Waals surface area contributed by atoms with Crippen molar-refractivity contribution in [1.29, 1.82) is 0 Å². The minimum absolute atomic E-state index is 0.00478. The van der Waals surface area contributed by atoms with Gasteiger partial charge < -0.3 is 15.0 Å². The number of hydrazine groups is 1. The maximum atomic E-state index is 12.2. The van der Waals surface area contributed by atoms with Gasteiger partial charge in [-0.25, -0.2) is 5.43 Å². The smallest absolute Gasteiger partial charge is 0.259 e. The molecular formula is C17H26N4O3. The van der Waals surface area contributed by atoms with Gasteiger partial charge >= 0.3 is 0 Å². The number of benzene rings is 1. The molecular weight excluding hydrogens is 308 g/mol. The topological polar surface area (TPSA) is 82.7 Å². The van der Waals surface area contributed by atoms with Crippen LogP contribution in [-0.4, -0.2) is 49.5 Å². The Morgan fingerprint density at radius 3 is 2.58 bits per heavy atom. The van der Waals surface area contributed by atoms with Crippen molar-refractivity contribution in [2.24, 2.45) is 0 Å². The van der Waals surface area contributed by atoms with Gasteiger partial charge in [-0.1, -0.05) is 13.3 Å². The van der Waals surface area contributed by atoms with E-state index in [0.717, 1.165) is 19.3 Å². The van der Waals surface area contributed by atoms with E-state index in [2.05, 4.69) is 23.1 Å².